The maximum Gasteiger partial charge on any atom is 0.272 e. The Morgan fingerprint density at radius 3 is 2.30 bits per heavy atom. The third-order valence-electron chi connectivity index (χ3n) is 4.60. The Balaban J connectivity index is 1.69. The van der Waals surface area contributed by atoms with E-state index in [-0.39, 0.29) is 11.9 Å². The molecule has 2 atom stereocenters. The van der Waals surface area contributed by atoms with Crippen LogP contribution in [-0.4, -0.2) is 30.2 Å². The molecule has 2 unspecified atom stereocenters. The summed E-state index contributed by atoms with van der Waals surface area (Å²) in [5.74, 6) is 0.544. The number of rotatable bonds is 3. The topological polar surface area (TPSA) is 96.5 Å². The van der Waals surface area contributed by atoms with E-state index in [9.17, 15) is 10.1 Å². The summed E-state index contributed by atoms with van der Waals surface area (Å²) < 4.78 is 0. The fourth-order valence-electron chi connectivity index (χ4n) is 3.40. The van der Waals surface area contributed by atoms with E-state index in [2.05, 4.69) is 15.8 Å². The lowest BCUT2D eigenvalue weighted by atomic mass is 9.88. The molecule has 4 N–H and O–H groups in total. The standard InChI is InChI=1S/C14H19Cl2N5O2/c15-10-5-9(21(22)23)6-11(16)14(10)20-3-1-8(2-4-20)12-7-13(17)19-18-12/h5-6,8,12-13,18-19H,1-4,7,17H2. The molecule has 3 rings (SSSR count). The third kappa shape index (κ3) is 3.54. The lowest BCUT2D eigenvalue weighted by molar-refractivity contribution is -0.384. The summed E-state index contributed by atoms with van der Waals surface area (Å²) >= 11 is 12.5. The number of hydrogen-bond acceptors (Lipinski definition) is 6. The average molecular weight is 360 g/mol. The number of hydrogen-bond donors (Lipinski definition) is 3. The number of nitrogens with two attached hydrogens (primary N) is 1. The van der Waals surface area contributed by atoms with Crippen molar-refractivity contribution >= 4 is 34.6 Å². The molecule has 0 amide bonds. The summed E-state index contributed by atoms with van der Waals surface area (Å²) in [4.78, 5) is 12.5. The van der Waals surface area contributed by atoms with E-state index in [0.29, 0.717) is 27.7 Å². The van der Waals surface area contributed by atoms with E-state index < -0.39 is 4.92 Å². The van der Waals surface area contributed by atoms with Gasteiger partial charge in [0.05, 0.1) is 26.8 Å². The van der Waals surface area contributed by atoms with Gasteiger partial charge in [-0.05, 0) is 25.2 Å². The predicted octanol–water partition coefficient (Wildman–Crippen LogP) is 2.27. The molecule has 1 aromatic rings. The second-order valence-corrected chi connectivity index (χ2v) is 6.89. The maximum absolute atomic E-state index is 10.9. The van der Waals surface area contributed by atoms with Crippen LogP contribution >= 0.6 is 23.2 Å². The van der Waals surface area contributed by atoms with Crippen LogP contribution in [0.1, 0.15) is 19.3 Å². The van der Waals surface area contributed by atoms with Gasteiger partial charge < -0.3 is 10.6 Å². The van der Waals surface area contributed by atoms with Gasteiger partial charge in [-0.25, -0.2) is 5.43 Å². The molecule has 0 aromatic heterocycles. The average Bonchev–Trinajstić information content (AvgIpc) is 2.93. The molecule has 2 fully saturated rings. The van der Waals surface area contributed by atoms with Crippen molar-refractivity contribution in [3.8, 4) is 0 Å². The summed E-state index contributed by atoms with van der Waals surface area (Å²) in [7, 11) is 0. The van der Waals surface area contributed by atoms with Crippen LogP contribution in [0.4, 0.5) is 11.4 Å². The van der Waals surface area contributed by atoms with Crippen molar-refractivity contribution in [1.29, 1.82) is 0 Å². The van der Waals surface area contributed by atoms with Crippen molar-refractivity contribution < 1.29 is 4.92 Å². The van der Waals surface area contributed by atoms with E-state index in [1.165, 1.54) is 12.1 Å². The summed E-state index contributed by atoms with van der Waals surface area (Å²) in [5.41, 5.74) is 12.8. The van der Waals surface area contributed by atoms with Gasteiger partial charge in [-0.1, -0.05) is 23.2 Å². The number of nitrogens with zero attached hydrogens (tertiary/aromatic N) is 2. The number of nitro benzene ring substituents is 1. The van der Waals surface area contributed by atoms with Crippen LogP contribution in [-0.2, 0) is 0 Å². The zero-order valence-corrected chi connectivity index (χ0v) is 14.0. The smallest absolute Gasteiger partial charge is 0.272 e. The number of piperidine rings is 1. The fraction of sp³-hybridized carbons (Fsp3) is 0.571. The second kappa shape index (κ2) is 6.78. The highest BCUT2D eigenvalue weighted by atomic mass is 35.5. The number of anilines is 1. The van der Waals surface area contributed by atoms with Crippen LogP contribution in [0, 0.1) is 16.0 Å². The van der Waals surface area contributed by atoms with Crippen molar-refractivity contribution in [3.05, 3.63) is 32.3 Å². The van der Waals surface area contributed by atoms with Gasteiger partial charge in [0.25, 0.3) is 5.69 Å². The normalized spacial score (nSPS) is 25.8. The summed E-state index contributed by atoms with van der Waals surface area (Å²) in [6, 6.07) is 3.10. The fourth-order valence-corrected chi connectivity index (χ4v) is 4.12. The molecule has 0 saturated carbocycles. The minimum Gasteiger partial charge on any atom is -0.369 e. The van der Waals surface area contributed by atoms with Crippen molar-refractivity contribution in [2.24, 2.45) is 11.7 Å². The van der Waals surface area contributed by atoms with Crippen LogP contribution in [0.25, 0.3) is 0 Å². The number of benzene rings is 1. The maximum atomic E-state index is 10.9. The Bertz CT molecular complexity index is 584. The van der Waals surface area contributed by atoms with Crippen molar-refractivity contribution in [2.75, 3.05) is 18.0 Å². The first-order valence-electron chi connectivity index (χ1n) is 7.60. The Morgan fingerprint density at radius 1 is 1.22 bits per heavy atom. The molecule has 9 heteroatoms. The van der Waals surface area contributed by atoms with Crippen LogP contribution in [0.15, 0.2) is 12.1 Å². The lowest BCUT2D eigenvalue weighted by Crippen LogP contribution is -2.43. The Labute approximate surface area is 144 Å². The minimum atomic E-state index is -0.490. The predicted molar refractivity (Wildman–Crippen MR) is 90.7 cm³/mol. The monoisotopic (exact) mass is 359 g/mol. The summed E-state index contributed by atoms with van der Waals surface area (Å²) in [6.45, 7) is 1.63. The van der Waals surface area contributed by atoms with Gasteiger partial charge in [0.1, 0.15) is 0 Å². The van der Waals surface area contributed by atoms with Crippen LogP contribution in [0.2, 0.25) is 10.0 Å². The van der Waals surface area contributed by atoms with E-state index in [4.69, 9.17) is 28.9 Å². The molecule has 2 heterocycles. The Hall–Kier alpha value is -1.12. The first kappa shape index (κ1) is 16.7. The first-order chi connectivity index (χ1) is 11.0. The molecule has 0 radical (unpaired) electrons. The highest BCUT2D eigenvalue weighted by Crippen LogP contribution is 2.39. The van der Waals surface area contributed by atoms with Crippen molar-refractivity contribution in [2.45, 2.75) is 31.5 Å². The van der Waals surface area contributed by atoms with Gasteiger partial charge >= 0.3 is 0 Å². The molecule has 7 nitrogen and oxygen atoms in total. The number of nitro groups is 1. The SMILES string of the molecule is NC1CC(C2CCN(c3c(Cl)cc([N+](=O)[O-])cc3Cl)CC2)NN1. The number of halogens is 2. The molecule has 2 aliphatic heterocycles. The van der Waals surface area contributed by atoms with E-state index in [1.807, 2.05) is 0 Å². The molecular weight excluding hydrogens is 341 g/mol. The molecular formula is C14H19Cl2N5O2. The summed E-state index contributed by atoms with van der Waals surface area (Å²) in [6.07, 6.45) is 2.92. The minimum absolute atomic E-state index is 0.0107. The Morgan fingerprint density at radius 2 is 1.83 bits per heavy atom. The molecule has 1 aromatic carbocycles. The zero-order chi connectivity index (χ0) is 16.6. The van der Waals surface area contributed by atoms with Gasteiger partial charge in [-0.2, -0.15) is 0 Å². The highest BCUT2D eigenvalue weighted by Gasteiger charge is 2.32. The van der Waals surface area contributed by atoms with E-state index >= 15 is 0 Å². The van der Waals surface area contributed by atoms with Gasteiger partial charge in [0.2, 0.25) is 0 Å². The first-order valence-corrected chi connectivity index (χ1v) is 8.36. The molecule has 0 aliphatic carbocycles. The number of hydrazine groups is 1. The number of non-ortho nitro benzene ring substituents is 1. The zero-order valence-electron chi connectivity index (χ0n) is 12.5. The van der Waals surface area contributed by atoms with Crippen LogP contribution < -0.4 is 21.5 Å². The highest BCUT2D eigenvalue weighted by molar-refractivity contribution is 6.39. The van der Waals surface area contributed by atoms with Crippen LogP contribution in [0.3, 0.4) is 0 Å². The third-order valence-corrected chi connectivity index (χ3v) is 5.18. The largest absolute Gasteiger partial charge is 0.369 e. The quantitative estimate of drug-likeness (QED) is 0.565. The van der Waals surface area contributed by atoms with E-state index in [0.717, 1.165) is 32.4 Å². The van der Waals surface area contributed by atoms with E-state index in [1.54, 1.807) is 0 Å². The molecule has 0 bridgehead atoms. The van der Waals surface area contributed by atoms with Gasteiger partial charge in [-0.3, -0.25) is 15.5 Å². The molecule has 2 aliphatic rings. The van der Waals surface area contributed by atoms with Crippen LogP contribution in [0.5, 0.6) is 0 Å². The second-order valence-electron chi connectivity index (χ2n) is 6.08. The van der Waals surface area contributed by atoms with Crippen molar-refractivity contribution in [3.63, 3.8) is 0 Å². The van der Waals surface area contributed by atoms with Gasteiger partial charge in [-0.15, -0.1) is 0 Å². The lowest BCUT2D eigenvalue weighted by Gasteiger charge is -2.36. The molecule has 2 saturated heterocycles. The van der Waals surface area contributed by atoms with Gasteiger partial charge in [0.15, 0.2) is 0 Å². The Kier molecular flexibility index (Phi) is 4.93. The van der Waals surface area contributed by atoms with Crippen molar-refractivity contribution in [1.82, 2.24) is 10.9 Å². The number of nitrogens with one attached hydrogen (secondary N) is 2. The molecule has 23 heavy (non-hydrogen) atoms. The van der Waals surface area contributed by atoms with Gasteiger partial charge in [0, 0.05) is 31.3 Å². The molecule has 126 valence electrons. The summed E-state index contributed by atoms with van der Waals surface area (Å²) in [5, 5.41) is 11.5. The molecule has 0 spiro atoms.